The zero-order valence-corrected chi connectivity index (χ0v) is 15.3. The summed E-state index contributed by atoms with van der Waals surface area (Å²) < 4.78 is 5.83. The molecule has 0 unspecified atom stereocenters. The van der Waals surface area contributed by atoms with E-state index < -0.39 is 10.5 Å². The van der Waals surface area contributed by atoms with Gasteiger partial charge in [-0.2, -0.15) is 0 Å². The van der Waals surface area contributed by atoms with Crippen LogP contribution < -0.4 is 15.6 Å². The number of nitrogens with zero attached hydrogens (tertiary/aromatic N) is 3. The minimum Gasteiger partial charge on any atom is -0.491 e. The van der Waals surface area contributed by atoms with Crippen molar-refractivity contribution in [3.8, 4) is 5.75 Å². The van der Waals surface area contributed by atoms with Gasteiger partial charge in [0.1, 0.15) is 17.0 Å². The maximum Gasteiger partial charge on any atom is 0.293 e. The van der Waals surface area contributed by atoms with Crippen molar-refractivity contribution in [3.63, 3.8) is 0 Å². The number of aromatic nitrogens is 3. The quantitative estimate of drug-likeness (QED) is 0.281. The molecule has 4 aromatic rings. The van der Waals surface area contributed by atoms with Gasteiger partial charge in [-0.15, -0.1) is 0 Å². The van der Waals surface area contributed by atoms with Crippen LogP contribution in [0.1, 0.15) is 6.42 Å². The fourth-order valence-electron chi connectivity index (χ4n) is 3.07. The maximum atomic E-state index is 11.8. The fraction of sp³-hybridized carbons (Fsp3) is 0.150. The number of anilines is 1. The van der Waals surface area contributed by atoms with Crippen LogP contribution >= 0.6 is 0 Å². The van der Waals surface area contributed by atoms with Crippen LogP contribution in [0.3, 0.4) is 0 Å². The molecule has 146 valence electrons. The first-order valence-corrected chi connectivity index (χ1v) is 9.00. The first-order chi connectivity index (χ1) is 14.1. The van der Waals surface area contributed by atoms with Crippen LogP contribution in [0, 0.1) is 10.1 Å². The van der Waals surface area contributed by atoms with Crippen LogP contribution in [0.15, 0.2) is 59.8 Å². The van der Waals surface area contributed by atoms with E-state index in [1.807, 2.05) is 30.3 Å². The van der Waals surface area contributed by atoms with Gasteiger partial charge in [-0.3, -0.25) is 19.9 Å². The molecule has 0 aliphatic rings. The van der Waals surface area contributed by atoms with Gasteiger partial charge < -0.3 is 15.0 Å². The number of H-pyrrole nitrogens is 1. The van der Waals surface area contributed by atoms with Gasteiger partial charge in [-0.25, -0.2) is 4.98 Å². The lowest BCUT2D eigenvalue weighted by Crippen LogP contribution is -2.11. The molecule has 4 rings (SSSR count). The third kappa shape index (κ3) is 3.84. The summed E-state index contributed by atoms with van der Waals surface area (Å²) in [4.78, 5) is 33.5. The fourth-order valence-corrected chi connectivity index (χ4v) is 3.07. The Bertz CT molecular complexity index is 1250. The highest BCUT2D eigenvalue weighted by molar-refractivity contribution is 5.86. The Morgan fingerprint density at radius 3 is 2.90 bits per heavy atom. The molecular formula is C20H17N5O4. The van der Waals surface area contributed by atoms with Crippen molar-refractivity contribution in [2.24, 2.45) is 0 Å². The Balaban J connectivity index is 1.43. The maximum absolute atomic E-state index is 11.8. The molecule has 0 spiro atoms. The van der Waals surface area contributed by atoms with E-state index >= 15 is 0 Å². The van der Waals surface area contributed by atoms with E-state index in [-0.39, 0.29) is 11.1 Å². The van der Waals surface area contributed by atoms with Crippen molar-refractivity contribution in [2.75, 3.05) is 18.5 Å². The van der Waals surface area contributed by atoms with E-state index in [0.29, 0.717) is 36.5 Å². The normalized spacial score (nSPS) is 10.9. The summed E-state index contributed by atoms with van der Waals surface area (Å²) in [5.41, 5.74) is 0.911. The first-order valence-electron chi connectivity index (χ1n) is 9.00. The largest absolute Gasteiger partial charge is 0.491 e. The molecule has 9 nitrogen and oxygen atoms in total. The van der Waals surface area contributed by atoms with Gasteiger partial charge in [0.05, 0.1) is 28.8 Å². The Morgan fingerprint density at radius 1 is 1.17 bits per heavy atom. The Morgan fingerprint density at radius 2 is 2.03 bits per heavy atom. The van der Waals surface area contributed by atoms with Crippen LogP contribution in [-0.4, -0.2) is 33.0 Å². The predicted molar refractivity (Wildman–Crippen MR) is 109 cm³/mol. The highest BCUT2D eigenvalue weighted by Crippen LogP contribution is 2.28. The van der Waals surface area contributed by atoms with Gasteiger partial charge in [0.15, 0.2) is 0 Å². The minimum absolute atomic E-state index is 0.171. The van der Waals surface area contributed by atoms with Gasteiger partial charge in [-0.1, -0.05) is 18.2 Å². The number of benzene rings is 2. The van der Waals surface area contributed by atoms with Crippen LogP contribution in [0.5, 0.6) is 5.75 Å². The molecule has 0 atom stereocenters. The lowest BCUT2D eigenvalue weighted by atomic mass is 10.2. The van der Waals surface area contributed by atoms with Crippen molar-refractivity contribution < 1.29 is 9.66 Å². The first kappa shape index (κ1) is 18.4. The van der Waals surface area contributed by atoms with Crippen molar-refractivity contribution in [1.82, 2.24) is 15.0 Å². The number of nitro benzene ring substituents is 1. The Hall–Kier alpha value is -4.01. The number of hydrogen-bond acceptors (Lipinski definition) is 7. The van der Waals surface area contributed by atoms with E-state index in [1.54, 1.807) is 6.20 Å². The molecule has 9 heteroatoms. The van der Waals surface area contributed by atoms with Crippen LogP contribution in [0.4, 0.5) is 11.4 Å². The second-order valence-electron chi connectivity index (χ2n) is 6.34. The van der Waals surface area contributed by atoms with Crippen molar-refractivity contribution in [3.05, 3.63) is 75.5 Å². The van der Waals surface area contributed by atoms with Gasteiger partial charge in [0.25, 0.3) is 11.2 Å². The Kier molecular flexibility index (Phi) is 5.02. The molecule has 0 aliphatic heterocycles. The molecule has 2 N–H and O–H groups in total. The lowest BCUT2D eigenvalue weighted by molar-refractivity contribution is -0.383. The third-order valence-electron chi connectivity index (χ3n) is 4.44. The van der Waals surface area contributed by atoms with Crippen molar-refractivity contribution >= 4 is 33.2 Å². The van der Waals surface area contributed by atoms with E-state index in [9.17, 15) is 14.9 Å². The van der Waals surface area contributed by atoms with E-state index in [2.05, 4.69) is 20.3 Å². The van der Waals surface area contributed by atoms with E-state index in [4.69, 9.17) is 4.74 Å². The number of rotatable bonds is 7. The predicted octanol–water partition coefficient (Wildman–Crippen LogP) is 3.26. The molecule has 0 saturated heterocycles. The summed E-state index contributed by atoms with van der Waals surface area (Å²) in [7, 11) is 0. The second-order valence-corrected chi connectivity index (χ2v) is 6.34. The molecular weight excluding hydrogens is 374 g/mol. The number of fused-ring (bicyclic) bond motifs is 2. The number of ether oxygens (including phenoxy) is 1. The van der Waals surface area contributed by atoms with Gasteiger partial charge in [-0.05, 0) is 24.6 Å². The molecule has 2 aromatic heterocycles. The standard InChI is InChI=1S/C20H17N5O4/c26-20-14-10-17(25(27)28)16(11-15(14)23-12-24-20)21-8-3-9-29-18-6-1-4-13-5-2-7-22-19(13)18/h1-2,4-7,10-12,21H,3,8-9H2,(H,23,24,26). The van der Waals surface area contributed by atoms with Crippen LogP contribution in [-0.2, 0) is 0 Å². The smallest absolute Gasteiger partial charge is 0.293 e. The summed E-state index contributed by atoms with van der Waals surface area (Å²) in [5, 5.41) is 15.6. The molecule has 0 bridgehead atoms. The number of pyridine rings is 1. The number of hydrogen-bond donors (Lipinski definition) is 2. The number of nitrogens with one attached hydrogen (secondary N) is 2. The molecule has 0 radical (unpaired) electrons. The molecule has 0 fully saturated rings. The summed E-state index contributed by atoms with van der Waals surface area (Å²) in [6.07, 6.45) is 3.60. The van der Waals surface area contributed by atoms with E-state index in [0.717, 1.165) is 10.9 Å². The van der Waals surface area contributed by atoms with E-state index in [1.165, 1.54) is 18.5 Å². The highest BCUT2D eigenvalue weighted by Gasteiger charge is 2.16. The minimum atomic E-state index is -0.521. The SMILES string of the molecule is O=c1[nH]cnc2cc(NCCCOc3cccc4cccnc34)c([N+](=O)[O-])cc12. The molecule has 2 aromatic carbocycles. The number of nitro groups is 1. The summed E-state index contributed by atoms with van der Waals surface area (Å²) in [6, 6.07) is 12.3. The Labute approximate surface area is 164 Å². The summed E-state index contributed by atoms with van der Waals surface area (Å²) >= 11 is 0. The van der Waals surface area contributed by atoms with Gasteiger partial charge in [0.2, 0.25) is 0 Å². The zero-order valence-electron chi connectivity index (χ0n) is 15.3. The van der Waals surface area contributed by atoms with Crippen molar-refractivity contribution in [1.29, 1.82) is 0 Å². The van der Waals surface area contributed by atoms with Gasteiger partial charge >= 0.3 is 0 Å². The average Bonchev–Trinajstić information content (AvgIpc) is 2.73. The lowest BCUT2D eigenvalue weighted by Gasteiger charge is -2.10. The summed E-state index contributed by atoms with van der Waals surface area (Å²) in [5.74, 6) is 0.697. The molecule has 0 amide bonds. The number of aromatic amines is 1. The number of para-hydroxylation sites is 1. The zero-order chi connectivity index (χ0) is 20.2. The molecule has 0 saturated carbocycles. The van der Waals surface area contributed by atoms with Crippen LogP contribution in [0.2, 0.25) is 0 Å². The van der Waals surface area contributed by atoms with Crippen LogP contribution in [0.25, 0.3) is 21.8 Å². The summed E-state index contributed by atoms with van der Waals surface area (Å²) in [6.45, 7) is 0.871. The third-order valence-corrected chi connectivity index (χ3v) is 4.44. The monoisotopic (exact) mass is 391 g/mol. The van der Waals surface area contributed by atoms with Gasteiger partial charge in [0, 0.05) is 24.2 Å². The molecule has 0 aliphatic carbocycles. The highest BCUT2D eigenvalue weighted by atomic mass is 16.6. The molecule has 29 heavy (non-hydrogen) atoms. The van der Waals surface area contributed by atoms with Crippen molar-refractivity contribution in [2.45, 2.75) is 6.42 Å². The topological polar surface area (TPSA) is 123 Å². The molecule has 2 heterocycles. The average molecular weight is 391 g/mol. The second kappa shape index (κ2) is 7.93.